The zero-order valence-electron chi connectivity index (χ0n) is 16.4. The molecule has 0 fully saturated rings. The van der Waals surface area contributed by atoms with Crippen LogP contribution < -0.4 is 4.74 Å². The van der Waals surface area contributed by atoms with Crippen molar-refractivity contribution in [1.82, 2.24) is 4.90 Å². The van der Waals surface area contributed by atoms with E-state index in [0.29, 0.717) is 6.73 Å². The third-order valence-corrected chi connectivity index (χ3v) is 5.17. The first kappa shape index (κ1) is 20.2. The Morgan fingerprint density at radius 1 is 0.714 bits per heavy atom. The number of benzene rings is 3. The van der Waals surface area contributed by atoms with E-state index in [-0.39, 0.29) is 0 Å². The molecule has 144 valence electrons. The fourth-order valence-electron chi connectivity index (χ4n) is 3.04. The summed E-state index contributed by atoms with van der Waals surface area (Å²) in [6, 6.07) is 28.5. The van der Waals surface area contributed by atoms with Crippen LogP contribution in [0.2, 0.25) is 0 Å². The fraction of sp³-hybridized carbons (Fsp3) is 0.200. The largest absolute Gasteiger partial charge is 0.478 e. The SMILES string of the molecule is CCN(CC)COc1ccc(/C(=C(/Cl)c2ccccc2)c2ccccc2)cc1. The molecule has 0 aliphatic rings. The van der Waals surface area contributed by atoms with Crippen molar-refractivity contribution in [3.05, 3.63) is 102 Å². The maximum Gasteiger partial charge on any atom is 0.142 e. The number of hydrogen-bond acceptors (Lipinski definition) is 2. The summed E-state index contributed by atoms with van der Waals surface area (Å²) in [5.74, 6) is 0.860. The molecule has 0 aliphatic heterocycles. The second kappa shape index (κ2) is 10.1. The molecule has 0 N–H and O–H groups in total. The van der Waals surface area contributed by atoms with E-state index in [1.807, 2.05) is 60.7 Å². The van der Waals surface area contributed by atoms with Gasteiger partial charge in [0.2, 0.25) is 0 Å². The summed E-state index contributed by atoms with van der Waals surface area (Å²) < 4.78 is 5.91. The van der Waals surface area contributed by atoms with Crippen LogP contribution in [0.3, 0.4) is 0 Å². The first-order chi connectivity index (χ1) is 13.7. The molecule has 0 spiro atoms. The van der Waals surface area contributed by atoms with Crippen molar-refractivity contribution in [2.45, 2.75) is 13.8 Å². The molecule has 0 saturated carbocycles. The van der Waals surface area contributed by atoms with Gasteiger partial charge in [0.05, 0.1) is 5.03 Å². The van der Waals surface area contributed by atoms with Gasteiger partial charge in [0.1, 0.15) is 12.5 Å². The summed E-state index contributed by atoms with van der Waals surface area (Å²) in [6.45, 7) is 6.82. The Labute approximate surface area is 173 Å². The van der Waals surface area contributed by atoms with Gasteiger partial charge in [0.15, 0.2) is 0 Å². The first-order valence-electron chi connectivity index (χ1n) is 9.69. The van der Waals surface area contributed by atoms with E-state index in [1.165, 1.54) is 0 Å². The molecular formula is C25H26ClNO. The first-order valence-corrected chi connectivity index (χ1v) is 10.1. The monoisotopic (exact) mass is 391 g/mol. The quantitative estimate of drug-likeness (QED) is 0.320. The highest BCUT2D eigenvalue weighted by Gasteiger charge is 2.12. The highest BCUT2D eigenvalue weighted by Crippen LogP contribution is 2.35. The van der Waals surface area contributed by atoms with Crippen molar-refractivity contribution in [2.75, 3.05) is 19.8 Å². The number of hydrogen-bond donors (Lipinski definition) is 0. The van der Waals surface area contributed by atoms with Crippen LogP contribution >= 0.6 is 11.6 Å². The highest BCUT2D eigenvalue weighted by molar-refractivity contribution is 6.53. The molecule has 28 heavy (non-hydrogen) atoms. The minimum absolute atomic E-state index is 0.596. The smallest absolute Gasteiger partial charge is 0.142 e. The maximum atomic E-state index is 6.86. The second-order valence-electron chi connectivity index (χ2n) is 6.52. The molecule has 0 bridgehead atoms. The molecule has 0 saturated heterocycles. The molecule has 0 aromatic heterocycles. The lowest BCUT2D eigenvalue weighted by atomic mass is 9.95. The molecule has 3 heteroatoms. The molecule has 3 rings (SSSR count). The van der Waals surface area contributed by atoms with Gasteiger partial charge in [0.25, 0.3) is 0 Å². The average Bonchev–Trinajstić information content (AvgIpc) is 2.77. The van der Waals surface area contributed by atoms with Gasteiger partial charge in [-0.2, -0.15) is 0 Å². The van der Waals surface area contributed by atoms with Gasteiger partial charge in [0, 0.05) is 5.57 Å². The van der Waals surface area contributed by atoms with E-state index in [1.54, 1.807) is 0 Å². The van der Waals surface area contributed by atoms with Crippen LogP contribution in [0.4, 0.5) is 0 Å². The molecule has 2 nitrogen and oxygen atoms in total. The molecule has 0 aliphatic carbocycles. The lowest BCUT2D eigenvalue weighted by Crippen LogP contribution is -2.27. The van der Waals surface area contributed by atoms with Gasteiger partial charge in [-0.25, -0.2) is 0 Å². The van der Waals surface area contributed by atoms with Gasteiger partial charge < -0.3 is 4.74 Å². The van der Waals surface area contributed by atoms with E-state index < -0.39 is 0 Å². The summed E-state index contributed by atoms with van der Waals surface area (Å²) in [5.41, 5.74) is 4.18. The third kappa shape index (κ3) is 5.03. The Morgan fingerprint density at radius 2 is 1.21 bits per heavy atom. The van der Waals surface area contributed by atoms with Crippen LogP contribution in [0.1, 0.15) is 30.5 Å². The van der Waals surface area contributed by atoms with Crippen molar-refractivity contribution < 1.29 is 4.74 Å². The number of nitrogens with zero attached hydrogens (tertiary/aromatic N) is 1. The summed E-state index contributed by atoms with van der Waals surface area (Å²) >= 11 is 6.86. The Bertz CT molecular complexity index is 885. The van der Waals surface area contributed by atoms with E-state index in [0.717, 1.165) is 46.1 Å². The maximum absolute atomic E-state index is 6.86. The minimum atomic E-state index is 0.596. The van der Waals surface area contributed by atoms with Crippen LogP contribution in [0, 0.1) is 0 Å². The van der Waals surface area contributed by atoms with Crippen molar-refractivity contribution in [3.63, 3.8) is 0 Å². The van der Waals surface area contributed by atoms with E-state index in [2.05, 4.69) is 43.0 Å². The van der Waals surface area contributed by atoms with Crippen molar-refractivity contribution in [1.29, 1.82) is 0 Å². The zero-order valence-corrected chi connectivity index (χ0v) is 17.2. The summed E-state index contributed by atoms with van der Waals surface area (Å²) in [6.07, 6.45) is 0. The highest BCUT2D eigenvalue weighted by atomic mass is 35.5. The molecular weight excluding hydrogens is 366 g/mol. The minimum Gasteiger partial charge on any atom is -0.478 e. The molecule has 0 unspecified atom stereocenters. The molecule has 0 atom stereocenters. The van der Waals surface area contributed by atoms with Gasteiger partial charge in [-0.15, -0.1) is 0 Å². The van der Waals surface area contributed by atoms with Gasteiger partial charge >= 0.3 is 0 Å². The predicted octanol–water partition coefficient (Wildman–Crippen LogP) is 6.52. The molecule has 0 radical (unpaired) electrons. The molecule has 0 heterocycles. The van der Waals surface area contributed by atoms with E-state index in [9.17, 15) is 0 Å². The Hall–Kier alpha value is -2.55. The number of ether oxygens (including phenoxy) is 1. The summed E-state index contributed by atoms with van der Waals surface area (Å²) in [4.78, 5) is 2.23. The van der Waals surface area contributed by atoms with Gasteiger partial charge in [-0.3, -0.25) is 4.90 Å². The van der Waals surface area contributed by atoms with Crippen LogP contribution in [0.25, 0.3) is 10.6 Å². The lowest BCUT2D eigenvalue weighted by molar-refractivity contribution is 0.137. The van der Waals surface area contributed by atoms with E-state index >= 15 is 0 Å². The predicted molar refractivity (Wildman–Crippen MR) is 120 cm³/mol. The topological polar surface area (TPSA) is 12.5 Å². The third-order valence-electron chi connectivity index (χ3n) is 4.76. The summed E-state index contributed by atoms with van der Waals surface area (Å²) in [5, 5.41) is 0.739. The van der Waals surface area contributed by atoms with Crippen molar-refractivity contribution in [3.8, 4) is 5.75 Å². The average molecular weight is 392 g/mol. The lowest BCUT2D eigenvalue weighted by Gasteiger charge is -2.19. The van der Waals surface area contributed by atoms with Crippen molar-refractivity contribution in [2.24, 2.45) is 0 Å². The number of rotatable bonds is 8. The van der Waals surface area contributed by atoms with Gasteiger partial charge in [-0.05, 0) is 41.9 Å². The standard InChI is InChI=1S/C25H26ClNO/c1-3-27(4-2)19-28-23-17-15-21(16-18-23)24(20-11-7-5-8-12-20)25(26)22-13-9-6-10-14-22/h5-18H,3-4,19H2,1-2H3/b25-24+. The zero-order chi connectivity index (χ0) is 19.8. The van der Waals surface area contributed by atoms with Crippen LogP contribution in [0.5, 0.6) is 5.75 Å². The Morgan fingerprint density at radius 3 is 1.75 bits per heavy atom. The second-order valence-corrected chi connectivity index (χ2v) is 6.90. The Kier molecular flexibility index (Phi) is 7.30. The normalized spacial score (nSPS) is 12.0. The molecule has 0 amide bonds. The Balaban J connectivity index is 1.94. The summed E-state index contributed by atoms with van der Waals surface area (Å²) in [7, 11) is 0. The molecule has 3 aromatic carbocycles. The van der Waals surface area contributed by atoms with Crippen LogP contribution in [-0.4, -0.2) is 24.7 Å². The van der Waals surface area contributed by atoms with Crippen LogP contribution in [-0.2, 0) is 0 Å². The van der Waals surface area contributed by atoms with E-state index in [4.69, 9.17) is 16.3 Å². The van der Waals surface area contributed by atoms with Crippen molar-refractivity contribution >= 4 is 22.2 Å². The fourth-order valence-corrected chi connectivity index (χ4v) is 3.39. The van der Waals surface area contributed by atoms with Gasteiger partial charge in [-0.1, -0.05) is 98.2 Å². The number of halogens is 1. The molecule has 3 aromatic rings. The van der Waals surface area contributed by atoms with Crippen LogP contribution in [0.15, 0.2) is 84.9 Å².